The summed E-state index contributed by atoms with van der Waals surface area (Å²) in [7, 11) is 1.54. The summed E-state index contributed by atoms with van der Waals surface area (Å²) in [5.41, 5.74) is 2.17. The molecule has 0 bridgehead atoms. The lowest BCUT2D eigenvalue weighted by atomic mass is 10.2. The number of thioether (sulfide) groups is 1. The number of carbonyl (C=O) groups excluding carboxylic acids is 1. The maximum Gasteiger partial charge on any atom is 0.327 e. The summed E-state index contributed by atoms with van der Waals surface area (Å²) in [6, 6.07) is 13.5. The van der Waals surface area contributed by atoms with Crippen molar-refractivity contribution in [3.05, 3.63) is 65.9 Å². The van der Waals surface area contributed by atoms with Crippen molar-refractivity contribution in [2.45, 2.75) is 37.5 Å². The summed E-state index contributed by atoms with van der Waals surface area (Å²) in [4.78, 5) is 14.2. The number of nitrogens with one attached hydrogen (secondary N) is 1. The molecule has 2 N–H and O–H groups in total. The van der Waals surface area contributed by atoms with Crippen LogP contribution in [0.4, 0.5) is 10.5 Å². The summed E-state index contributed by atoms with van der Waals surface area (Å²) in [5.74, 6) is 1.82. The van der Waals surface area contributed by atoms with Crippen molar-refractivity contribution in [1.82, 2.24) is 5.32 Å². The number of benzene rings is 2. The molecule has 6 nitrogen and oxygen atoms in total. The molecule has 1 aliphatic rings. The highest BCUT2D eigenvalue weighted by molar-refractivity contribution is 7.99. The maximum atomic E-state index is 12.6. The average Bonchev–Trinajstić information content (AvgIpc) is 2.71. The predicted molar refractivity (Wildman–Crippen MR) is 121 cm³/mol. The Labute approximate surface area is 181 Å². The van der Waals surface area contributed by atoms with E-state index in [4.69, 9.17) is 9.47 Å². The van der Waals surface area contributed by atoms with Gasteiger partial charge in [0.2, 0.25) is 0 Å². The van der Waals surface area contributed by atoms with E-state index in [-0.39, 0.29) is 18.0 Å². The molecule has 0 saturated carbocycles. The third kappa shape index (κ3) is 5.93. The fourth-order valence-corrected chi connectivity index (χ4v) is 3.75. The SMILES string of the molecule is COc1cc(N2C=CC(SCc3ccc(C)cc3)NC2=O)ccc1OCC(C)(C)O. The first-order chi connectivity index (χ1) is 14.2. The van der Waals surface area contributed by atoms with E-state index in [1.807, 2.05) is 6.08 Å². The van der Waals surface area contributed by atoms with Crippen LogP contribution in [0, 0.1) is 6.92 Å². The van der Waals surface area contributed by atoms with E-state index in [0.29, 0.717) is 17.2 Å². The van der Waals surface area contributed by atoms with Crippen LogP contribution in [0.1, 0.15) is 25.0 Å². The quantitative estimate of drug-likeness (QED) is 0.650. The molecule has 3 rings (SSSR count). The molecule has 0 spiro atoms. The normalized spacial score (nSPS) is 16.4. The zero-order chi connectivity index (χ0) is 21.7. The van der Waals surface area contributed by atoms with Crippen molar-refractivity contribution >= 4 is 23.5 Å². The van der Waals surface area contributed by atoms with Crippen LogP contribution in [-0.2, 0) is 5.75 Å². The van der Waals surface area contributed by atoms with Gasteiger partial charge in [0, 0.05) is 18.0 Å². The molecule has 30 heavy (non-hydrogen) atoms. The van der Waals surface area contributed by atoms with Gasteiger partial charge in [-0.1, -0.05) is 29.8 Å². The molecule has 0 radical (unpaired) electrons. The Morgan fingerprint density at radius 1 is 1.17 bits per heavy atom. The van der Waals surface area contributed by atoms with Crippen molar-refractivity contribution in [3.63, 3.8) is 0 Å². The zero-order valence-corrected chi connectivity index (χ0v) is 18.5. The average molecular weight is 429 g/mol. The number of nitrogens with zero attached hydrogens (tertiary/aromatic N) is 1. The Morgan fingerprint density at radius 3 is 2.53 bits per heavy atom. The minimum atomic E-state index is -0.954. The minimum Gasteiger partial charge on any atom is -0.493 e. The summed E-state index contributed by atoms with van der Waals surface area (Å²) in [5, 5.41) is 12.8. The van der Waals surface area contributed by atoms with E-state index in [9.17, 15) is 9.90 Å². The van der Waals surface area contributed by atoms with E-state index in [1.54, 1.807) is 57.1 Å². The number of ether oxygens (including phenoxy) is 2. The lowest BCUT2D eigenvalue weighted by Crippen LogP contribution is -2.44. The van der Waals surface area contributed by atoms with Crippen LogP contribution in [0.3, 0.4) is 0 Å². The molecule has 1 unspecified atom stereocenters. The Morgan fingerprint density at radius 2 is 1.90 bits per heavy atom. The van der Waals surface area contributed by atoms with Gasteiger partial charge in [0.1, 0.15) is 6.61 Å². The molecule has 0 saturated heterocycles. The van der Waals surface area contributed by atoms with Gasteiger partial charge in [0.15, 0.2) is 11.5 Å². The van der Waals surface area contributed by atoms with Gasteiger partial charge in [-0.05, 0) is 44.5 Å². The van der Waals surface area contributed by atoms with Crippen LogP contribution in [0.15, 0.2) is 54.7 Å². The van der Waals surface area contributed by atoms with Gasteiger partial charge in [-0.25, -0.2) is 4.79 Å². The number of aliphatic hydroxyl groups is 1. The van der Waals surface area contributed by atoms with Crippen LogP contribution < -0.4 is 19.7 Å². The smallest absolute Gasteiger partial charge is 0.327 e. The van der Waals surface area contributed by atoms with Crippen molar-refractivity contribution in [3.8, 4) is 11.5 Å². The number of amides is 2. The number of anilines is 1. The minimum absolute atomic E-state index is 0.0914. The first kappa shape index (κ1) is 22.1. The summed E-state index contributed by atoms with van der Waals surface area (Å²) in [6.45, 7) is 5.54. The largest absolute Gasteiger partial charge is 0.493 e. The molecule has 160 valence electrons. The summed E-state index contributed by atoms with van der Waals surface area (Å²) < 4.78 is 11.0. The van der Waals surface area contributed by atoms with Gasteiger partial charge in [-0.3, -0.25) is 4.90 Å². The number of methoxy groups -OCH3 is 1. The third-order valence-corrected chi connectivity index (χ3v) is 5.59. The molecule has 2 aromatic rings. The molecule has 1 heterocycles. The van der Waals surface area contributed by atoms with Crippen LogP contribution >= 0.6 is 11.8 Å². The number of rotatable bonds is 8. The second-order valence-corrected chi connectivity index (χ2v) is 8.94. The lowest BCUT2D eigenvalue weighted by Gasteiger charge is -2.28. The van der Waals surface area contributed by atoms with E-state index < -0.39 is 5.60 Å². The number of carbonyl (C=O) groups is 1. The Bertz CT molecular complexity index is 906. The monoisotopic (exact) mass is 428 g/mol. The molecule has 1 atom stereocenters. The second-order valence-electron chi connectivity index (χ2n) is 7.81. The molecular formula is C23H28N2O4S. The van der Waals surface area contributed by atoms with Crippen molar-refractivity contribution in [2.24, 2.45) is 0 Å². The molecule has 7 heteroatoms. The first-order valence-corrected chi connectivity index (χ1v) is 10.8. The molecule has 0 aliphatic carbocycles. The van der Waals surface area contributed by atoms with Gasteiger partial charge in [-0.15, -0.1) is 11.8 Å². The second kappa shape index (κ2) is 9.45. The predicted octanol–water partition coefficient (Wildman–Crippen LogP) is 4.46. The highest BCUT2D eigenvalue weighted by Gasteiger charge is 2.23. The molecule has 2 amide bonds. The number of hydrogen-bond acceptors (Lipinski definition) is 5. The van der Waals surface area contributed by atoms with Crippen molar-refractivity contribution in [2.75, 3.05) is 18.6 Å². The highest BCUT2D eigenvalue weighted by Crippen LogP contribution is 2.33. The third-order valence-electron chi connectivity index (χ3n) is 4.45. The fraction of sp³-hybridized carbons (Fsp3) is 0.348. The molecule has 2 aromatic carbocycles. The van der Waals surface area contributed by atoms with Crippen LogP contribution in [-0.4, -0.2) is 35.8 Å². The topological polar surface area (TPSA) is 71.0 Å². The van der Waals surface area contributed by atoms with E-state index in [0.717, 1.165) is 5.75 Å². The summed E-state index contributed by atoms with van der Waals surface area (Å²) in [6.07, 6.45) is 3.74. The Balaban J connectivity index is 1.65. The van der Waals surface area contributed by atoms with E-state index >= 15 is 0 Å². The number of urea groups is 1. The maximum absolute atomic E-state index is 12.6. The van der Waals surface area contributed by atoms with Crippen molar-refractivity contribution in [1.29, 1.82) is 0 Å². The lowest BCUT2D eigenvalue weighted by molar-refractivity contribution is 0.0276. The standard InChI is InChI=1S/C23H28N2O4S/c1-16-5-7-17(8-6-16)14-30-21-11-12-25(22(26)24-21)18-9-10-19(20(13-18)28-4)29-15-23(2,3)27/h5-13,21,27H,14-15H2,1-4H3,(H,24,26). The van der Waals surface area contributed by atoms with Crippen LogP contribution in [0.2, 0.25) is 0 Å². The number of hydrogen-bond donors (Lipinski definition) is 2. The van der Waals surface area contributed by atoms with E-state index in [2.05, 4.69) is 36.5 Å². The van der Waals surface area contributed by atoms with Gasteiger partial charge in [0.05, 0.1) is 23.8 Å². The van der Waals surface area contributed by atoms with Gasteiger partial charge >= 0.3 is 6.03 Å². The Hall–Kier alpha value is -2.64. The van der Waals surface area contributed by atoms with Gasteiger partial charge in [-0.2, -0.15) is 0 Å². The van der Waals surface area contributed by atoms with Gasteiger partial charge < -0.3 is 19.9 Å². The van der Waals surface area contributed by atoms with E-state index in [1.165, 1.54) is 16.0 Å². The Kier molecular flexibility index (Phi) is 6.95. The summed E-state index contributed by atoms with van der Waals surface area (Å²) >= 11 is 1.66. The molecular weight excluding hydrogens is 400 g/mol. The van der Waals surface area contributed by atoms with Gasteiger partial charge in [0.25, 0.3) is 0 Å². The zero-order valence-electron chi connectivity index (χ0n) is 17.7. The van der Waals surface area contributed by atoms with Crippen LogP contribution in [0.25, 0.3) is 0 Å². The number of aryl methyl sites for hydroxylation is 1. The highest BCUT2D eigenvalue weighted by atomic mass is 32.2. The first-order valence-electron chi connectivity index (χ1n) is 9.73. The van der Waals surface area contributed by atoms with Crippen LogP contribution in [0.5, 0.6) is 11.5 Å². The molecule has 0 fully saturated rings. The molecule has 1 aliphatic heterocycles. The van der Waals surface area contributed by atoms with Crippen molar-refractivity contribution < 1.29 is 19.4 Å². The fourth-order valence-electron chi connectivity index (χ4n) is 2.82. The molecule has 0 aromatic heterocycles.